The van der Waals surface area contributed by atoms with Gasteiger partial charge in [0.15, 0.2) is 6.54 Å². The lowest BCUT2D eigenvalue weighted by Gasteiger charge is -2.15. The van der Waals surface area contributed by atoms with Gasteiger partial charge in [0.05, 0.1) is 5.56 Å². The van der Waals surface area contributed by atoms with Crippen molar-refractivity contribution in [2.24, 2.45) is 0 Å². The quantitative estimate of drug-likeness (QED) is 0.551. The van der Waals surface area contributed by atoms with Crippen molar-refractivity contribution < 1.29 is 4.74 Å². The predicted molar refractivity (Wildman–Crippen MR) is 64.0 cm³/mol. The van der Waals surface area contributed by atoms with E-state index in [1.54, 1.807) is 22.7 Å². The first-order valence-corrected chi connectivity index (χ1v) is 6.54. The molecule has 0 unspecified atom stereocenters. The molecule has 0 fully saturated rings. The molecule has 0 radical (unpaired) electrons. The Hall–Kier alpha value is -1.13. The largest absolute Gasteiger partial charge is 0.623 e. The zero-order valence-corrected chi connectivity index (χ0v) is 9.61. The van der Waals surface area contributed by atoms with Crippen molar-refractivity contribution >= 4 is 28.4 Å². The van der Waals surface area contributed by atoms with Crippen LogP contribution in [-0.4, -0.2) is 17.0 Å². The van der Waals surface area contributed by atoms with E-state index in [2.05, 4.69) is 11.4 Å². The second-order valence-corrected chi connectivity index (χ2v) is 5.38. The van der Waals surface area contributed by atoms with E-state index in [-0.39, 0.29) is 0 Å². The van der Waals surface area contributed by atoms with Crippen molar-refractivity contribution in [1.82, 2.24) is 0 Å². The highest BCUT2D eigenvalue weighted by atomic mass is 32.1. The van der Waals surface area contributed by atoms with Crippen molar-refractivity contribution in [3.63, 3.8) is 0 Å². The molecule has 0 saturated heterocycles. The Morgan fingerprint density at radius 1 is 1.20 bits per heavy atom. The Kier molecular flexibility index (Phi) is 2.11. The summed E-state index contributed by atoms with van der Waals surface area (Å²) in [5.41, 5.74) is 1.98. The van der Waals surface area contributed by atoms with Crippen LogP contribution >= 0.6 is 22.7 Å². The van der Waals surface area contributed by atoms with Crippen molar-refractivity contribution in [2.75, 3.05) is 6.54 Å². The van der Waals surface area contributed by atoms with Crippen LogP contribution in [0.2, 0.25) is 0 Å². The van der Waals surface area contributed by atoms with E-state index in [1.165, 1.54) is 4.88 Å². The SMILES string of the molecule is [O-][N+]1=C(c2cccs2)c2ccsc2CC1. The van der Waals surface area contributed by atoms with Gasteiger partial charge in [-0.25, -0.2) is 4.74 Å². The van der Waals surface area contributed by atoms with Gasteiger partial charge in [-0.1, -0.05) is 6.07 Å². The standard InChI is InChI=1S/C11H9NOS2/c13-12-5-3-9-8(4-7-15-9)11(12)10-2-1-6-14-10/h1-2,4,6-7H,3,5H2. The van der Waals surface area contributed by atoms with Gasteiger partial charge in [-0.15, -0.1) is 22.7 Å². The van der Waals surface area contributed by atoms with E-state index in [0.29, 0.717) is 6.54 Å². The molecule has 76 valence electrons. The fourth-order valence-corrected chi connectivity index (χ4v) is 3.52. The number of fused-ring (bicyclic) bond motifs is 1. The van der Waals surface area contributed by atoms with Crippen molar-refractivity contribution in [3.05, 3.63) is 49.5 Å². The van der Waals surface area contributed by atoms with Crippen LogP contribution in [0.25, 0.3) is 0 Å². The number of thiophene rings is 2. The molecule has 2 aromatic heterocycles. The maximum absolute atomic E-state index is 11.8. The van der Waals surface area contributed by atoms with Crippen LogP contribution in [0.4, 0.5) is 0 Å². The summed E-state index contributed by atoms with van der Waals surface area (Å²) in [6.07, 6.45) is 0.880. The minimum atomic E-state index is 0.584. The van der Waals surface area contributed by atoms with Gasteiger partial charge < -0.3 is 5.21 Å². The van der Waals surface area contributed by atoms with E-state index in [1.807, 2.05) is 17.5 Å². The fraction of sp³-hybridized carbons (Fsp3) is 0.182. The van der Waals surface area contributed by atoms with Gasteiger partial charge in [0.1, 0.15) is 4.88 Å². The van der Waals surface area contributed by atoms with Gasteiger partial charge in [0.2, 0.25) is 5.71 Å². The molecule has 0 bridgehead atoms. The van der Waals surface area contributed by atoms with Crippen LogP contribution in [0.5, 0.6) is 0 Å². The average molecular weight is 235 g/mol. The van der Waals surface area contributed by atoms with E-state index in [9.17, 15) is 5.21 Å². The number of rotatable bonds is 1. The minimum absolute atomic E-state index is 0.584. The molecular weight excluding hydrogens is 226 g/mol. The normalized spacial score (nSPS) is 15.5. The molecule has 3 rings (SSSR count). The molecule has 0 N–H and O–H groups in total. The molecule has 0 aromatic carbocycles. The summed E-state index contributed by atoms with van der Waals surface area (Å²) in [7, 11) is 0. The first kappa shape index (κ1) is 9.12. The maximum Gasteiger partial charge on any atom is 0.236 e. The first-order valence-electron chi connectivity index (χ1n) is 4.78. The van der Waals surface area contributed by atoms with E-state index in [0.717, 1.165) is 27.3 Å². The molecule has 0 spiro atoms. The van der Waals surface area contributed by atoms with Crippen molar-refractivity contribution in [1.29, 1.82) is 0 Å². The summed E-state index contributed by atoms with van der Waals surface area (Å²) in [5, 5.41) is 15.9. The molecule has 2 aromatic rings. The van der Waals surface area contributed by atoms with Gasteiger partial charge in [-0.05, 0) is 22.9 Å². The highest BCUT2D eigenvalue weighted by molar-refractivity contribution is 7.13. The van der Waals surface area contributed by atoms with Gasteiger partial charge in [0, 0.05) is 11.3 Å². The van der Waals surface area contributed by atoms with Crippen LogP contribution in [-0.2, 0) is 6.42 Å². The average Bonchev–Trinajstić information content (AvgIpc) is 2.85. The minimum Gasteiger partial charge on any atom is -0.623 e. The van der Waals surface area contributed by atoms with Crippen molar-refractivity contribution in [3.8, 4) is 0 Å². The Bertz CT molecular complexity index is 510. The number of hydrogen-bond donors (Lipinski definition) is 0. The number of hydrogen-bond acceptors (Lipinski definition) is 3. The highest BCUT2D eigenvalue weighted by Crippen LogP contribution is 2.26. The lowest BCUT2D eigenvalue weighted by molar-refractivity contribution is -0.457. The molecule has 0 atom stereocenters. The van der Waals surface area contributed by atoms with Crippen LogP contribution in [0.15, 0.2) is 29.0 Å². The Balaban J connectivity index is 2.21. The lowest BCUT2D eigenvalue weighted by Crippen LogP contribution is -2.24. The third-order valence-corrected chi connectivity index (χ3v) is 4.40. The predicted octanol–water partition coefficient (Wildman–Crippen LogP) is 2.71. The maximum atomic E-state index is 11.8. The molecule has 2 nitrogen and oxygen atoms in total. The third-order valence-electron chi connectivity index (χ3n) is 2.55. The summed E-state index contributed by atoms with van der Waals surface area (Å²) in [6, 6.07) is 6.05. The zero-order chi connectivity index (χ0) is 10.3. The second kappa shape index (κ2) is 3.47. The summed E-state index contributed by atoms with van der Waals surface area (Å²) in [4.78, 5) is 2.41. The summed E-state index contributed by atoms with van der Waals surface area (Å²) < 4.78 is 1.13. The lowest BCUT2D eigenvalue weighted by atomic mass is 10.1. The molecule has 0 aliphatic carbocycles. The van der Waals surface area contributed by atoms with E-state index >= 15 is 0 Å². The van der Waals surface area contributed by atoms with Crippen LogP contribution < -0.4 is 0 Å². The summed E-state index contributed by atoms with van der Waals surface area (Å²) in [6.45, 7) is 0.584. The molecule has 0 saturated carbocycles. The Morgan fingerprint density at radius 3 is 2.93 bits per heavy atom. The molecule has 3 heterocycles. The summed E-state index contributed by atoms with van der Waals surface area (Å²) >= 11 is 3.37. The molecule has 1 aliphatic rings. The van der Waals surface area contributed by atoms with Crippen molar-refractivity contribution in [2.45, 2.75) is 6.42 Å². The first-order chi connectivity index (χ1) is 7.36. The van der Waals surface area contributed by atoms with E-state index < -0.39 is 0 Å². The topological polar surface area (TPSA) is 26.1 Å². The third kappa shape index (κ3) is 1.41. The number of hydroxylamine groups is 1. The summed E-state index contributed by atoms with van der Waals surface area (Å²) in [5.74, 6) is 0. The van der Waals surface area contributed by atoms with Crippen LogP contribution in [0, 0.1) is 5.21 Å². The van der Waals surface area contributed by atoms with Gasteiger partial charge in [-0.3, -0.25) is 0 Å². The highest BCUT2D eigenvalue weighted by Gasteiger charge is 2.25. The monoisotopic (exact) mass is 235 g/mol. The zero-order valence-electron chi connectivity index (χ0n) is 7.97. The van der Waals surface area contributed by atoms with Crippen LogP contribution in [0.3, 0.4) is 0 Å². The Morgan fingerprint density at radius 2 is 2.13 bits per heavy atom. The van der Waals surface area contributed by atoms with E-state index in [4.69, 9.17) is 0 Å². The smallest absolute Gasteiger partial charge is 0.236 e. The molecular formula is C11H9NOS2. The Labute approximate surface area is 95.7 Å². The molecule has 15 heavy (non-hydrogen) atoms. The number of nitrogens with zero attached hydrogens (tertiary/aromatic N) is 1. The van der Waals surface area contributed by atoms with Crippen LogP contribution in [0.1, 0.15) is 15.3 Å². The molecule has 1 aliphatic heterocycles. The fourth-order valence-electron chi connectivity index (χ4n) is 1.86. The van der Waals surface area contributed by atoms with Gasteiger partial charge in [0.25, 0.3) is 0 Å². The molecule has 4 heteroatoms. The second-order valence-electron chi connectivity index (χ2n) is 3.44. The van der Waals surface area contributed by atoms with Gasteiger partial charge >= 0.3 is 0 Å². The molecule has 0 amide bonds. The van der Waals surface area contributed by atoms with Gasteiger partial charge in [-0.2, -0.15) is 0 Å².